The Bertz CT molecular complexity index is 602. The number of pyridine rings is 1. The van der Waals surface area contributed by atoms with Gasteiger partial charge in [-0.15, -0.1) is 0 Å². The standard InChI is InChI=1S/C12H10FN3O2/c13-7-1-2-11(17)8(5-7)12(18)16-10-3-4-15-6-9(10)14/h1-6,17H,14H2,(H,15,16,18). The van der Waals surface area contributed by atoms with Gasteiger partial charge >= 0.3 is 0 Å². The molecule has 2 aromatic rings. The number of carbonyl (C=O) groups excluding carboxylic acids is 1. The number of nitrogen functional groups attached to an aromatic ring is 1. The average molecular weight is 247 g/mol. The van der Waals surface area contributed by atoms with E-state index in [4.69, 9.17) is 5.73 Å². The van der Waals surface area contributed by atoms with E-state index in [0.29, 0.717) is 5.69 Å². The summed E-state index contributed by atoms with van der Waals surface area (Å²) in [5.74, 6) is -1.56. The van der Waals surface area contributed by atoms with E-state index >= 15 is 0 Å². The molecule has 4 N–H and O–H groups in total. The molecule has 0 bridgehead atoms. The number of hydrogen-bond acceptors (Lipinski definition) is 4. The van der Waals surface area contributed by atoms with Gasteiger partial charge in [-0.3, -0.25) is 9.78 Å². The topological polar surface area (TPSA) is 88.2 Å². The number of nitrogens with zero attached hydrogens (tertiary/aromatic N) is 1. The quantitative estimate of drug-likeness (QED) is 0.754. The van der Waals surface area contributed by atoms with Crippen molar-refractivity contribution in [2.24, 2.45) is 0 Å². The number of halogens is 1. The van der Waals surface area contributed by atoms with Crippen molar-refractivity contribution in [3.05, 3.63) is 48.0 Å². The molecule has 1 aromatic heterocycles. The molecule has 0 spiro atoms. The maximum Gasteiger partial charge on any atom is 0.259 e. The van der Waals surface area contributed by atoms with Gasteiger partial charge in [0.25, 0.3) is 5.91 Å². The van der Waals surface area contributed by atoms with Crippen LogP contribution in [0.15, 0.2) is 36.7 Å². The zero-order chi connectivity index (χ0) is 13.1. The smallest absolute Gasteiger partial charge is 0.259 e. The molecular formula is C12H10FN3O2. The van der Waals surface area contributed by atoms with Crippen LogP contribution in [-0.4, -0.2) is 16.0 Å². The monoisotopic (exact) mass is 247 g/mol. The first-order chi connectivity index (χ1) is 8.58. The van der Waals surface area contributed by atoms with Crippen molar-refractivity contribution >= 4 is 17.3 Å². The van der Waals surface area contributed by atoms with Gasteiger partial charge in [-0.1, -0.05) is 0 Å². The van der Waals surface area contributed by atoms with E-state index in [1.807, 2.05) is 0 Å². The summed E-state index contributed by atoms with van der Waals surface area (Å²) in [6, 6.07) is 4.62. The summed E-state index contributed by atoms with van der Waals surface area (Å²) in [7, 11) is 0. The predicted octanol–water partition coefficient (Wildman–Crippen LogP) is 1.76. The first kappa shape index (κ1) is 11.8. The van der Waals surface area contributed by atoms with Gasteiger partial charge in [-0.2, -0.15) is 0 Å². The van der Waals surface area contributed by atoms with Crippen molar-refractivity contribution in [2.45, 2.75) is 0 Å². The van der Waals surface area contributed by atoms with Crippen LogP contribution in [0.1, 0.15) is 10.4 Å². The molecule has 1 heterocycles. The molecule has 0 fully saturated rings. The molecule has 0 unspecified atom stereocenters. The predicted molar refractivity (Wildman–Crippen MR) is 64.7 cm³/mol. The molecule has 1 aromatic carbocycles. The van der Waals surface area contributed by atoms with Gasteiger partial charge in [0.1, 0.15) is 11.6 Å². The largest absolute Gasteiger partial charge is 0.507 e. The van der Waals surface area contributed by atoms with Crippen LogP contribution in [0, 0.1) is 5.82 Å². The van der Waals surface area contributed by atoms with Crippen molar-refractivity contribution in [3.63, 3.8) is 0 Å². The van der Waals surface area contributed by atoms with Crippen LogP contribution in [0.25, 0.3) is 0 Å². The second-order valence-electron chi connectivity index (χ2n) is 3.58. The second kappa shape index (κ2) is 4.70. The van der Waals surface area contributed by atoms with E-state index in [0.717, 1.165) is 18.2 Å². The summed E-state index contributed by atoms with van der Waals surface area (Å²) < 4.78 is 13.0. The highest BCUT2D eigenvalue weighted by atomic mass is 19.1. The third-order valence-corrected chi connectivity index (χ3v) is 2.30. The van der Waals surface area contributed by atoms with Crippen molar-refractivity contribution in [2.75, 3.05) is 11.1 Å². The summed E-state index contributed by atoms with van der Waals surface area (Å²) >= 11 is 0. The third-order valence-electron chi connectivity index (χ3n) is 2.30. The number of nitrogens with two attached hydrogens (primary N) is 1. The van der Waals surface area contributed by atoms with Crippen LogP contribution in [0.3, 0.4) is 0 Å². The summed E-state index contributed by atoms with van der Waals surface area (Å²) in [5, 5.41) is 11.9. The van der Waals surface area contributed by atoms with Gasteiger partial charge < -0.3 is 16.2 Å². The number of phenolic OH excluding ortho intramolecular Hbond substituents is 1. The molecule has 0 aliphatic carbocycles. The highest BCUT2D eigenvalue weighted by Crippen LogP contribution is 2.21. The van der Waals surface area contributed by atoms with E-state index in [2.05, 4.69) is 10.3 Å². The average Bonchev–Trinajstić information content (AvgIpc) is 2.35. The Morgan fingerprint density at radius 1 is 1.39 bits per heavy atom. The van der Waals surface area contributed by atoms with E-state index in [1.165, 1.54) is 18.5 Å². The lowest BCUT2D eigenvalue weighted by Gasteiger charge is -2.08. The number of anilines is 2. The summed E-state index contributed by atoms with van der Waals surface area (Å²) in [5.41, 5.74) is 6.07. The van der Waals surface area contributed by atoms with Gasteiger partial charge in [-0.05, 0) is 24.3 Å². The Morgan fingerprint density at radius 2 is 2.17 bits per heavy atom. The Labute approximate surface area is 102 Å². The summed E-state index contributed by atoms with van der Waals surface area (Å²) in [6.07, 6.45) is 2.83. The van der Waals surface area contributed by atoms with E-state index < -0.39 is 11.7 Å². The Morgan fingerprint density at radius 3 is 2.89 bits per heavy atom. The van der Waals surface area contributed by atoms with Crippen LogP contribution in [0.5, 0.6) is 5.75 Å². The van der Waals surface area contributed by atoms with Gasteiger partial charge in [0, 0.05) is 6.20 Å². The minimum Gasteiger partial charge on any atom is -0.507 e. The highest BCUT2D eigenvalue weighted by molar-refractivity contribution is 6.07. The van der Waals surface area contributed by atoms with E-state index in [9.17, 15) is 14.3 Å². The number of nitrogens with one attached hydrogen (secondary N) is 1. The van der Waals surface area contributed by atoms with Gasteiger partial charge in [0.05, 0.1) is 23.1 Å². The normalized spacial score (nSPS) is 10.1. The Balaban J connectivity index is 2.28. The molecule has 2 rings (SSSR count). The number of amides is 1. The van der Waals surface area contributed by atoms with E-state index in [1.54, 1.807) is 0 Å². The number of aromatic hydroxyl groups is 1. The van der Waals surface area contributed by atoms with Crippen LogP contribution < -0.4 is 11.1 Å². The number of hydrogen-bond donors (Lipinski definition) is 3. The number of aromatic nitrogens is 1. The molecule has 18 heavy (non-hydrogen) atoms. The minimum absolute atomic E-state index is 0.161. The third kappa shape index (κ3) is 2.37. The van der Waals surface area contributed by atoms with Crippen LogP contribution in [0.4, 0.5) is 15.8 Å². The molecule has 0 radical (unpaired) electrons. The summed E-state index contributed by atoms with van der Waals surface area (Å²) in [6.45, 7) is 0. The van der Waals surface area contributed by atoms with Crippen LogP contribution in [0.2, 0.25) is 0 Å². The lowest BCUT2D eigenvalue weighted by molar-refractivity contribution is 0.102. The Kier molecular flexibility index (Phi) is 3.09. The molecule has 0 aliphatic heterocycles. The molecule has 5 nitrogen and oxygen atoms in total. The lowest BCUT2D eigenvalue weighted by atomic mass is 10.1. The molecule has 0 atom stereocenters. The van der Waals surface area contributed by atoms with Gasteiger partial charge in [-0.25, -0.2) is 4.39 Å². The highest BCUT2D eigenvalue weighted by Gasteiger charge is 2.13. The number of carbonyl (C=O) groups is 1. The molecule has 1 amide bonds. The Hall–Kier alpha value is -2.63. The first-order valence-corrected chi connectivity index (χ1v) is 5.07. The maximum atomic E-state index is 13.0. The van der Waals surface area contributed by atoms with Crippen LogP contribution >= 0.6 is 0 Å². The molecule has 0 aliphatic rings. The lowest BCUT2D eigenvalue weighted by Crippen LogP contribution is -2.13. The zero-order valence-electron chi connectivity index (χ0n) is 9.22. The molecule has 92 valence electrons. The zero-order valence-corrected chi connectivity index (χ0v) is 9.22. The van der Waals surface area contributed by atoms with Crippen molar-refractivity contribution in [1.29, 1.82) is 0 Å². The number of phenols is 1. The van der Waals surface area contributed by atoms with Gasteiger partial charge in [0.15, 0.2) is 0 Å². The second-order valence-corrected chi connectivity index (χ2v) is 3.58. The van der Waals surface area contributed by atoms with Crippen molar-refractivity contribution < 1.29 is 14.3 Å². The van der Waals surface area contributed by atoms with Gasteiger partial charge in [0.2, 0.25) is 0 Å². The van der Waals surface area contributed by atoms with Crippen molar-refractivity contribution in [3.8, 4) is 5.75 Å². The maximum absolute atomic E-state index is 13.0. The fraction of sp³-hybridized carbons (Fsp3) is 0. The fourth-order valence-electron chi connectivity index (χ4n) is 1.40. The molecular weight excluding hydrogens is 237 g/mol. The van der Waals surface area contributed by atoms with Crippen LogP contribution in [-0.2, 0) is 0 Å². The van der Waals surface area contributed by atoms with Crippen molar-refractivity contribution in [1.82, 2.24) is 4.98 Å². The first-order valence-electron chi connectivity index (χ1n) is 5.07. The minimum atomic E-state index is -0.648. The van der Waals surface area contributed by atoms with E-state index in [-0.39, 0.29) is 17.0 Å². The summed E-state index contributed by atoms with van der Waals surface area (Å²) in [4.78, 5) is 15.6. The molecule has 0 saturated heterocycles. The SMILES string of the molecule is Nc1cnccc1NC(=O)c1cc(F)ccc1O. The molecule has 0 saturated carbocycles. The molecule has 6 heteroatoms. The number of benzene rings is 1. The number of rotatable bonds is 2. The fourth-order valence-corrected chi connectivity index (χ4v) is 1.40.